The van der Waals surface area contributed by atoms with Gasteiger partial charge in [-0.3, -0.25) is 4.90 Å². The van der Waals surface area contributed by atoms with E-state index in [1.54, 1.807) is 0 Å². The number of hydrogen-bond donors (Lipinski definition) is 2. The Bertz CT molecular complexity index is 691. The van der Waals surface area contributed by atoms with E-state index in [4.69, 9.17) is 12.2 Å². The second-order valence-corrected chi connectivity index (χ2v) is 6.81. The quantitative estimate of drug-likeness (QED) is 0.708. The van der Waals surface area contributed by atoms with Gasteiger partial charge in [0.25, 0.3) is 0 Å². The average Bonchev–Trinajstić information content (AvgIpc) is 2.62. The van der Waals surface area contributed by atoms with Crippen molar-refractivity contribution in [3.05, 3.63) is 64.7 Å². The molecule has 2 N–H and O–H groups in total. The van der Waals surface area contributed by atoms with E-state index in [1.807, 2.05) is 0 Å². The minimum absolute atomic E-state index is 0.654. The Morgan fingerprint density at radius 3 is 2.24 bits per heavy atom. The summed E-state index contributed by atoms with van der Waals surface area (Å²) >= 11 is 5.42. The summed E-state index contributed by atoms with van der Waals surface area (Å²) in [6.45, 7) is 12.5. The van der Waals surface area contributed by atoms with Crippen molar-refractivity contribution in [2.45, 2.75) is 40.8 Å². The number of anilines is 1. The number of aryl methyl sites for hydroxylation is 2. The standard InChI is InChI=1S/C21H29N3S/c1-5-24(6-2)15-19-11-9-18(10-12-19)14-22-21(25)23-20-13-16(3)7-8-17(20)4/h7-13H,5-6,14-15H2,1-4H3,(H2,22,23,25). The van der Waals surface area contributed by atoms with Gasteiger partial charge in [-0.15, -0.1) is 0 Å². The Labute approximate surface area is 157 Å². The van der Waals surface area contributed by atoms with Crippen molar-refractivity contribution in [3.8, 4) is 0 Å². The van der Waals surface area contributed by atoms with Crippen LogP contribution in [-0.4, -0.2) is 23.1 Å². The Morgan fingerprint density at radius 2 is 1.60 bits per heavy atom. The molecule has 4 heteroatoms. The molecule has 25 heavy (non-hydrogen) atoms. The van der Waals surface area contributed by atoms with E-state index in [9.17, 15) is 0 Å². The van der Waals surface area contributed by atoms with Crippen molar-refractivity contribution in [1.29, 1.82) is 0 Å². The third kappa shape index (κ3) is 6.15. The number of thiocarbonyl (C=S) groups is 1. The van der Waals surface area contributed by atoms with Gasteiger partial charge in [-0.2, -0.15) is 0 Å². The van der Waals surface area contributed by atoms with Crippen molar-refractivity contribution in [3.63, 3.8) is 0 Å². The SMILES string of the molecule is CCN(CC)Cc1ccc(CNC(=S)Nc2cc(C)ccc2C)cc1. The van der Waals surface area contributed by atoms with Crippen LogP contribution in [-0.2, 0) is 13.1 Å². The first-order valence-corrected chi connectivity index (χ1v) is 9.35. The molecule has 0 saturated carbocycles. The van der Waals surface area contributed by atoms with Gasteiger partial charge in [0.1, 0.15) is 0 Å². The zero-order chi connectivity index (χ0) is 18.2. The normalized spacial score (nSPS) is 10.8. The summed E-state index contributed by atoms with van der Waals surface area (Å²) in [6.07, 6.45) is 0. The molecule has 0 heterocycles. The first kappa shape index (κ1) is 19.4. The second-order valence-electron chi connectivity index (χ2n) is 6.40. The molecule has 0 aromatic heterocycles. The van der Waals surface area contributed by atoms with Crippen molar-refractivity contribution in [2.24, 2.45) is 0 Å². The van der Waals surface area contributed by atoms with Crippen LogP contribution in [0.15, 0.2) is 42.5 Å². The molecule has 0 spiro atoms. The molecule has 3 nitrogen and oxygen atoms in total. The van der Waals surface area contributed by atoms with Gasteiger partial charge in [-0.25, -0.2) is 0 Å². The predicted octanol–water partition coefficient (Wildman–Crippen LogP) is 4.63. The molecule has 134 valence electrons. The zero-order valence-electron chi connectivity index (χ0n) is 15.7. The molecule has 0 atom stereocenters. The molecule has 2 aromatic carbocycles. The fourth-order valence-corrected chi connectivity index (χ4v) is 2.87. The average molecular weight is 356 g/mol. The predicted molar refractivity (Wildman–Crippen MR) is 112 cm³/mol. The number of benzene rings is 2. The van der Waals surface area contributed by atoms with Gasteiger partial charge in [-0.05, 0) is 67.5 Å². The van der Waals surface area contributed by atoms with E-state index < -0.39 is 0 Å². The molecule has 0 amide bonds. The molecule has 2 aromatic rings. The molecule has 0 radical (unpaired) electrons. The Kier molecular flexibility index (Phi) is 7.41. The van der Waals surface area contributed by atoms with Crippen LogP contribution in [0.1, 0.15) is 36.1 Å². The van der Waals surface area contributed by atoms with Gasteiger partial charge in [-0.1, -0.05) is 50.2 Å². The number of nitrogens with one attached hydrogen (secondary N) is 2. The van der Waals surface area contributed by atoms with Gasteiger partial charge in [0.15, 0.2) is 5.11 Å². The molecular weight excluding hydrogens is 326 g/mol. The summed E-state index contributed by atoms with van der Waals surface area (Å²) in [5.74, 6) is 0. The minimum Gasteiger partial charge on any atom is -0.358 e. The van der Waals surface area contributed by atoms with Crippen LogP contribution in [0.3, 0.4) is 0 Å². The summed E-state index contributed by atoms with van der Waals surface area (Å²) in [7, 11) is 0. The van der Waals surface area contributed by atoms with Gasteiger partial charge < -0.3 is 10.6 Å². The lowest BCUT2D eigenvalue weighted by Crippen LogP contribution is -2.28. The molecule has 0 aliphatic carbocycles. The summed E-state index contributed by atoms with van der Waals surface area (Å²) < 4.78 is 0. The van der Waals surface area contributed by atoms with Crippen LogP contribution >= 0.6 is 12.2 Å². The summed E-state index contributed by atoms with van der Waals surface area (Å²) in [4.78, 5) is 2.41. The molecular formula is C21H29N3S. The van der Waals surface area contributed by atoms with Crippen LogP contribution < -0.4 is 10.6 Å². The topological polar surface area (TPSA) is 27.3 Å². The Morgan fingerprint density at radius 1 is 0.960 bits per heavy atom. The second kappa shape index (κ2) is 9.54. The van der Waals surface area contributed by atoms with Crippen molar-refractivity contribution < 1.29 is 0 Å². The fourth-order valence-electron chi connectivity index (χ4n) is 2.69. The van der Waals surface area contributed by atoms with Gasteiger partial charge in [0, 0.05) is 18.8 Å². The van der Waals surface area contributed by atoms with E-state index in [-0.39, 0.29) is 0 Å². The molecule has 0 saturated heterocycles. The molecule has 0 bridgehead atoms. The first-order valence-electron chi connectivity index (χ1n) is 8.94. The number of rotatable bonds is 7. The summed E-state index contributed by atoms with van der Waals surface area (Å²) in [6, 6.07) is 15.1. The first-order chi connectivity index (χ1) is 12.0. The smallest absolute Gasteiger partial charge is 0.171 e. The van der Waals surface area contributed by atoms with E-state index in [2.05, 4.69) is 85.7 Å². The number of nitrogens with zero attached hydrogens (tertiary/aromatic N) is 1. The maximum Gasteiger partial charge on any atom is 0.171 e. The van der Waals surface area contributed by atoms with Crippen molar-refractivity contribution in [1.82, 2.24) is 10.2 Å². The lowest BCUT2D eigenvalue weighted by atomic mass is 10.1. The van der Waals surface area contributed by atoms with Crippen molar-refractivity contribution in [2.75, 3.05) is 18.4 Å². The molecule has 0 unspecified atom stereocenters. The van der Waals surface area contributed by atoms with Crippen LogP contribution in [0, 0.1) is 13.8 Å². The maximum atomic E-state index is 5.42. The largest absolute Gasteiger partial charge is 0.358 e. The summed E-state index contributed by atoms with van der Waals surface area (Å²) in [5, 5.41) is 7.23. The van der Waals surface area contributed by atoms with E-state index in [1.165, 1.54) is 22.3 Å². The van der Waals surface area contributed by atoms with Crippen LogP contribution in [0.2, 0.25) is 0 Å². The molecule has 2 rings (SSSR count). The van der Waals surface area contributed by atoms with E-state index >= 15 is 0 Å². The highest BCUT2D eigenvalue weighted by atomic mass is 32.1. The van der Waals surface area contributed by atoms with E-state index in [0.717, 1.165) is 31.9 Å². The lowest BCUT2D eigenvalue weighted by Gasteiger charge is -2.18. The van der Waals surface area contributed by atoms with Gasteiger partial charge in [0.2, 0.25) is 0 Å². The van der Waals surface area contributed by atoms with E-state index in [0.29, 0.717) is 5.11 Å². The molecule has 0 aliphatic heterocycles. The minimum atomic E-state index is 0.654. The third-order valence-corrected chi connectivity index (χ3v) is 4.66. The Hall–Kier alpha value is -1.91. The zero-order valence-corrected chi connectivity index (χ0v) is 16.5. The van der Waals surface area contributed by atoms with Crippen LogP contribution in [0.25, 0.3) is 0 Å². The summed E-state index contributed by atoms with van der Waals surface area (Å²) in [5.41, 5.74) is 6.05. The monoisotopic (exact) mass is 355 g/mol. The highest BCUT2D eigenvalue weighted by Gasteiger charge is 2.03. The lowest BCUT2D eigenvalue weighted by molar-refractivity contribution is 0.296. The highest BCUT2D eigenvalue weighted by Crippen LogP contribution is 2.16. The third-order valence-electron chi connectivity index (χ3n) is 4.42. The van der Waals surface area contributed by atoms with Crippen LogP contribution in [0.5, 0.6) is 0 Å². The molecule has 0 aliphatic rings. The fraction of sp³-hybridized carbons (Fsp3) is 0.381. The number of hydrogen-bond acceptors (Lipinski definition) is 2. The van der Waals surface area contributed by atoms with Crippen molar-refractivity contribution >= 4 is 23.0 Å². The van der Waals surface area contributed by atoms with Gasteiger partial charge in [0.05, 0.1) is 0 Å². The van der Waals surface area contributed by atoms with Gasteiger partial charge >= 0.3 is 0 Å². The maximum absolute atomic E-state index is 5.42. The highest BCUT2D eigenvalue weighted by molar-refractivity contribution is 7.80. The van der Waals surface area contributed by atoms with Crippen LogP contribution in [0.4, 0.5) is 5.69 Å². The molecule has 0 fully saturated rings. The Balaban J connectivity index is 1.86.